The summed E-state index contributed by atoms with van der Waals surface area (Å²) in [5.74, 6) is 0.0683. The van der Waals surface area contributed by atoms with E-state index in [0.717, 1.165) is 48.8 Å². The van der Waals surface area contributed by atoms with E-state index in [4.69, 9.17) is 16.3 Å². The number of carbonyl (C=O) groups is 1. The maximum atomic E-state index is 14.6. The van der Waals surface area contributed by atoms with E-state index in [1.807, 2.05) is 29.2 Å². The molecule has 1 aromatic carbocycles. The topological polar surface area (TPSA) is 42.4 Å². The van der Waals surface area contributed by atoms with E-state index >= 15 is 0 Å². The maximum absolute atomic E-state index is 14.6. The van der Waals surface area contributed by atoms with Gasteiger partial charge in [-0.15, -0.1) is 11.3 Å². The van der Waals surface area contributed by atoms with Crippen LogP contribution in [-0.2, 0) is 6.54 Å². The SMILES string of the molecule is C=Cc1sc(C(=O)N(Cc2cc(-c3ccncc3)ccc2OC)C2CCCCC2)c(Cl)c1/C(F)=C\C. The lowest BCUT2D eigenvalue weighted by atomic mass is 9.93. The second-order valence-corrected chi connectivity index (χ2v) is 10.2. The molecule has 7 heteroatoms. The molecule has 1 aliphatic carbocycles. The van der Waals surface area contributed by atoms with E-state index in [9.17, 15) is 9.18 Å². The Hall–Kier alpha value is -2.96. The van der Waals surface area contributed by atoms with Crippen LogP contribution in [0.4, 0.5) is 4.39 Å². The Labute approximate surface area is 221 Å². The van der Waals surface area contributed by atoms with Gasteiger partial charge in [-0.3, -0.25) is 9.78 Å². The van der Waals surface area contributed by atoms with Crippen LogP contribution in [-0.4, -0.2) is 28.9 Å². The highest BCUT2D eigenvalue weighted by Crippen LogP contribution is 2.41. The van der Waals surface area contributed by atoms with E-state index < -0.39 is 5.83 Å². The molecule has 1 amide bonds. The molecular weight excluding hydrogens is 495 g/mol. The first-order valence-corrected chi connectivity index (χ1v) is 13.3. The average molecular weight is 525 g/mol. The van der Waals surface area contributed by atoms with Gasteiger partial charge in [0.15, 0.2) is 0 Å². The summed E-state index contributed by atoms with van der Waals surface area (Å²) in [4.78, 5) is 20.9. The van der Waals surface area contributed by atoms with Crippen molar-refractivity contribution in [2.24, 2.45) is 0 Å². The van der Waals surface area contributed by atoms with Gasteiger partial charge in [-0.1, -0.05) is 55.7 Å². The molecule has 0 radical (unpaired) electrons. The fraction of sp³-hybridized carbons (Fsp3) is 0.310. The Kier molecular flexibility index (Phi) is 8.60. The number of carbonyl (C=O) groups excluding carboxylic acids is 1. The van der Waals surface area contributed by atoms with Crippen molar-refractivity contribution in [2.45, 2.75) is 51.6 Å². The zero-order chi connectivity index (χ0) is 25.7. The smallest absolute Gasteiger partial charge is 0.266 e. The first kappa shape index (κ1) is 26.1. The van der Waals surface area contributed by atoms with Gasteiger partial charge in [-0.05, 0) is 55.2 Å². The molecule has 2 aromatic heterocycles. The number of benzene rings is 1. The Morgan fingerprint density at radius 3 is 2.58 bits per heavy atom. The van der Waals surface area contributed by atoms with Gasteiger partial charge in [0.2, 0.25) is 0 Å². The van der Waals surface area contributed by atoms with Crippen LogP contribution >= 0.6 is 22.9 Å². The number of halogens is 2. The largest absolute Gasteiger partial charge is 0.496 e. The van der Waals surface area contributed by atoms with Gasteiger partial charge in [-0.2, -0.15) is 0 Å². The lowest BCUT2D eigenvalue weighted by Crippen LogP contribution is -2.40. The summed E-state index contributed by atoms with van der Waals surface area (Å²) < 4.78 is 20.3. The van der Waals surface area contributed by atoms with Gasteiger partial charge in [-0.25, -0.2) is 4.39 Å². The fourth-order valence-electron chi connectivity index (χ4n) is 4.78. The molecule has 0 spiro atoms. The van der Waals surface area contributed by atoms with Crippen LogP contribution in [0.25, 0.3) is 23.0 Å². The molecule has 0 unspecified atom stereocenters. The van der Waals surface area contributed by atoms with Crippen molar-refractivity contribution in [1.29, 1.82) is 0 Å². The van der Waals surface area contributed by atoms with Crippen LogP contribution in [0.15, 0.2) is 55.4 Å². The molecular formula is C29H30ClFN2O2S. The quantitative estimate of drug-likeness (QED) is 0.297. The van der Waals surface area contributed by atoms with Crippen molar-refractivity contribution in [2.75, 3.05) is 7.11 Å². The van der Waals surface area contributed by atoms with Gasteiger partial charge in [0.05, 0.1) is 12.1 Å². The third-order valence-corrected chi connectivity index (χ3v) is 8.32. The summed E-state index contributed by atoms with van der Waals surface area (Å²) in [5.41, 5.74) is 3.20. The van der Waals surface area contributed by atoms with Crippen LogP contribution in [0.5, 0.6) is 5.75 Å². The number of ether oxygens (including phenoxy) is 1. The minimum atomic E-state index is -0.457. The highest BCUT2D eigenvalue weighted by molar-refractivity contribution is 7.16. The monoisotopic (exact) mass is 524 g/mol. The van der Waals surface area contributed by atoms with Gasteiger partial charge in [0.1, 0.15) is 16.5 Å². The second kappa shape index (κ2) is 11.8. The lowest BCUT2D eigenvalue weighted by molar-refractivity contribution is 0.0618. The molecule has 3 aromatic rings. The summed E-state index contributed by atoms with van der Waals surface area (Å²) in [7, 11) is 1.64. The zero-order valence-corrected chi connectivity index (χ0v) is 22.2. The molecule has 1 fully saturated rings. The van der Waals surface area contributed by atoms with Crippen LogP contribution in [0.1, 0.15) is 64.7 Å². The van der Waals surface area contributed by atoms with Crippen molar-refractivity contribution in [3.8, 4) is 16.9 Å². The van der Waals surface area contributed by atoms with Crippen molar-refractivity contribution in [3.05, 3.63) is 81.3 Å². The Balaban J connectivity index is 1.76. The van der Waals surface area contributed by atoms with Crippen molar-refractivity contribution in [1.82, 2.24) is 9.88 Å². The number of methoxy groups -OCH3 is 1. The first-order valence-electron chi connectivity index (χ1n) is 12.1. The molecule has 188 valence electrons. The number of amides is 1. The molecule has 0 saturated heterocycles. The zero-order valence-electron chi connectivity index (χ0n) is 20.6. The van der Waals surface area contributed by atoms with Gasteiger partial charge < -0.3 is 9.64 Å². The molecule has 0 bridgehead atoms. The van der Waals surface area contributed by atoms with Crippen LogP contribution in [0.3, 0.4) is 0 Å². The average Bonchev–Trinajstić information content (AvgIpc) is 3.27. The van der Waals surface area contributed by atoms with Crippen LogP contribution in [0, 0.1) is 0 Å². The molecule has 1 aliphatic rings. The van der Waals surface area contributed by atoms with E-state index in [2.05, 4.69) is 17.6 Å². The number of nitrogens with zero attached hydrogens (tertiary/aromatic N) is 2. The van der Waals surface area contributed by atoms with E-state index in [-0.39, 0.29) is 22.5 Å². The minimum Gasteiger partial charge on any atom is -0.496 e. The number of aromatic nitrogens is 1. The molecule has 4 rings (SSSR count). The Bertz CT molecular complexity index is 1270. The Morgan fingerprint density at radius 2 is 1.94 bits per heavy atom. The molecule has 0 aliphatic heterocycles. The predicted molar refractivity (Wildman–Crippen MR) is 147 cm³/mol. The number of hydrogen-bond acceptors (Lipinski definition) is 4. The second-order valence-electron chi connectivity index (χ2n) is 8.81. The molecule has 2 heterocycles. The summed E-state index contributed by atoms with van der Waals surface area (Å²) in [6, 6.07) is 9.98. The van der Waals surface area contributed by atoms with E-state index in [0.29, 0.717) is 22.0 Å². The normalized spacial score (nSPS) is 14.5. The number of allylic oxidation sites excluding steroid dienone is 1. The van der Waals surface area contributed by atoms with Crippen molar-refractivity contribution >= 4 is 40.7 Å². The summed E-state index contributed by atoms with van der Waals surface area (Å²) in [5, 5.41) is 0.147. The standard InChI is InChI=1S/C29H30ClFN2O2S/c1-4-23(31)26-25(5-2)36-28(27(26)30)29(34)33(22-9-7-6-8-10-22)18-21-17-20(11-12-24(21)35-3)19-13-15-32-16-14-19/h4-5,11-17,22H,2,6-10,18H2,1,3H3/b23-4+. The molecule has 0 atom stereocenters. The summed E-state index contributed by atoms with van der Waals surface area (Å²) in [6.07, 6.45) is 11.6. The number of pyridine rings is 1. The van der Waals surface area contributed by atoms with E-state index in [1.165, 1.54) is 17.4 Å². The van der Waals surface area contributed by atoms with Crippen molar-refractivity contribution in [3.63, 3.8) is 0 Å². The molecule has 36 heavy (non-hydrogen) atoms. The maximum Gasteiger partial charge on any atom is 0.266 e. The van der Waals surface area contributed by atoms with Gasteiger partial charge in [0, 0.05) is 41.0 Å². The lowest BCUT2D eigenvalue weighted by Gasteiger charge is -2.34. The van der Waals surface area contributed by atoms with Crippen LogP contribution < -0.4 is 4.74 Å². The Morgan fingerprint density at radius 1 is 1.22 bits per heavy atom. The molecule has 1 saturated carbocycles. The third kappa shape index (κ3) is 5.40. The molecule has 0 N–H and O–H groups in total. The number of hydrogen-bond donors (Lipinski definition) is 0. The fourth-order valence-corrected chi connectivity index (χ4v) is 6.22. The van der Waals surface area contributed by atoms with Gasteiger partial charge in [0.25, 0.3) is 5.91 Å². The minimum absolute atomic E-state index is 0.0703. The first-order chi connectivity index (χ1) is 17.5. The van der Waals surface area contributed by atoms with Gasteiger partial charge >= 0.3 is 0 Å². The number of thiophene rings is 1. The highest BCUT2D eigenvalue weighted by atomic mass is 35.5. The highest BCUT2D eigenvalue weighted by Gasteiger charge is 2.32. The summed E-state index contributed by atoms with van der Waals surface area (Å²) >= 11 is 7.82. The molecule has 4 nitrogen and oxygen atoms in total. The van der Waals surface area contributed by atoms with Crippen molar-refractivity contribution < 1.29 is 13.9 Å². The predicted octanol–water partition coefficient (Wildman–Crippen LogP) is 8.42. The van der Waals surface area contributed by atoms with Crippen LogP contribution in [0.2, 0.25) is 5.02 Å². The third-order valence-electron chi connectivity index (χ3n) is 6.66. The summed E-state index contributed by atoms with van der Waals surface area (Å²) in [6.45, 7) is 5.77. The van der Waals surface area contributed by atoms with E-state index in [1.54, 1.807) is 32.5 Å². The number of rotatable bonds is 8.